The molecule has 1 heterocycles. The van der Waals surface area contributed by atoms with Gasteiger partial charge in [0.1, 0.15) is 11.6 Å². The number of rotatable bonds is 5. The van der Waals surface area contributed by atoms with E-state index < -0.39 is 0 Å². The van der Waals surface area contributed by atoms with E-state index in [-0.39, 0.29) is 11.9 Å². The smallest absolute Gasteiger partial charge is 0.123 e. The molecule has 3 N–H and O–H groups in total. The fourth-order valence-corrected chi connectivity index (χ4v) is 1.99. The van der Waals surface area contributed by atoms with Crippen molar-refractivity contribution < 1.29 is 9.13 Å². The standard InChI is InChI=1S/C14H16FN3O/c1-19-14-3-2-11(15)9-12(14)13(18-16)8-10-4-6-17-7-5-10/h2-7,9,13,18H,8,16H2,1H3. The molecule has 2 aromatic rings. The van der Waals surface area contributed by atoms with Crippen LogP contribution in [0.4, 0.5) is 4.39 Å². The minimum Gasteiger partial charge on any atom is -0.496 e. The maximum Gasteiger partial charge on any atom is 0.123 e. The summed E-state index contributed by atoms with van der Waals surface area (Å²) in [4.78, 5) is 3.96. The van der Waals surface area contributed by atoms with Crippen molar-refractivity contribution in [2.24, 2.45) is 5.84 Å². The van der Waals surface area contributed by atoms with Crippen molar-refractivity contribution in [2.75, 3.05) is 7.11 Å². The zero-order valence-corrected chi connectivity index (χ0v) is 10.6. The largest absolute Gasteiger partial charge is 0.496 e. The summed E-state index contributed by atoms with van der Waals surface area (Å²) in [5.41, 5.74) is 4.46. The lowest BCUT2D eigenvalue weighted by Gasteiger charge is -2.19. The molecule has 100 valence electrons. The van der Waals surface area contributed by atoms with Gasteiger partial charge in [-0.1, -0.05) is 0 Å². The van der Waals surface area contributed by atoms with Crippen LogP contribution in [0.25, 0.3) is 0 Å². The molecule has 0 aliphatic carbocycles. The minimum absolute atomic E-state index is 0.229. The normalized spacial score (nSPS) is 12.2. The Morgan fingerprint density at radius 3 is 2.68 bits per heavy atom. The number of hydrogen-bond donors (Lipinski definition) is 2. The number of nitrogens with one attached hydrogen (secondary N) is 1. The van der Waals surface area contributed by atoms with E-state index in [2.05, 4.69) is 10.4 Å². The predicted octanol–water partition coefficient (Wildman–Crippen LogP) is 1.98. The number of halogens is 1. The Balaban J connectivity index is 2.29. The number of methoxy groups -OCH3 is 1. The van der Waals surface area contributed by atoms with Crippen molar-refractivity contribution in [3.8, 4) is 5.75 Å². The summed E-state index contributed by atoms with van der Waals surface area (Å²) in [5.74, 6) is 5.88. The van der Waals surface area contributed by atoms with Gasteiger partial charge in [0, 0.05) is 18.0 Å². The molecule has 5 heteroatoms. The average Bonchev–Trinajstić information content (AvgIpc) is 2.46. The minimum atomic E-state index is -0.314. The van der Waals surface area contributed by atoms with Gasteiger partial charge >= 0.3 is 0 Å². The molecule has 0 fully saturated rings. The van der Waals surface area contributed by atoms with E-state index in [9.17, 15) is 4.39 Å². The molecule has 1 aromatic carbocycles. The maximum atomic E-state index is 13.4. The van der Waals surface area contributed by atoms with E-state index in [4.69, 9.17) is 10.6 Å². The molecule has 0 saturated heterocycles. The SMILES string of the molecule is COc1ccc(F)cc1C(Cc1ccncc1)NN. The van der Waals surface area contributed by atoms with E-state index in [0.29, 0.717) is 17.7 Å². The molecule has 0 amide bonds. The van der Waals surface area contributed by atoms with Gasteiger partial charge in [0.25, 0.3) is 0 Å². The third-order valence-electron chi connectivity index (χ3n) is 2.96. The van der Waals surface area contributed by atoms with E-state index in [1.807, 2.05) is 12.1 Å². The monoisotopic (exact) mass is 261 g/mol. The summed E-state index contributed by atoms with van der Waals surface area (Å²) in [6.45, 7) is 0. The second-order valence-corrected chi connectivity index (χ2v) is 4.17. The van der Waals surface area contributed by atoms with Crippen LogP contribution in [0.15, 0.2) is 42.7 Å². The topological polar surface area (TPSA) is 60.2 Å². The maximum absolute atomic E-state index is 13.4. The van der Waals surface area contributed by atoms with Crippen LogP contribution in [0.2, 0.25) is 0 Å². The summed E-state index contributed by atoms with van der Waals surface area (Å²) in [7, 11) is 1.55. The zero-order chi connectivity index (χ0) is 13.7. The molecule has 0 saturated carbocycles. The van der Waals surface area contributed by atoms with Crippen LogP contribution in [0.5, 0.6) is 5.75 Å². The fraction of sp³-hybridized carbons (Fsp3) is 0.214. The lowest BCUT2D eigenvalue weighted by Crippen LogP contribution is -2.30. The average molecular weight is 261 g/mol. The number of benzene rings is 1. The van der Waals surface area contributed by atoms with E-state index in [1.54, 1.807) is 25.6 Å². The predicted molar refractivity (Wildman–Crippen MR) is 71.0 cm³/mol. The quantitative estimate of drug-likeness (QED) is 0.638. The Morgan fingerprint density at radius 1 is 1.32 bits per heavy atom. The van der Waals surface area contributed by atoms with Gasteiger partial charge in [-0.05, 0) is 42.3 Å². The lowest BCUT2D eigenvalue weighted by atomic mass is 9.99. The first kappa shape index (κ1) is 13.5. The number of hydrogen-bond acceptors (Lipinski definition) is 4. The van der Waals surface area contributed by atoms with Crippen molar-refractivity contribution in [1.29, 1.82) is 0 Å². The van der Waals surface area contributed by atoms with Gasteiger partial charge in [0.2, 0.25) is 0 Å². The molecule has 1 unspecified atom stereocenters. The molecule has 0 bridgehead atoms. The van der Waals surface area contributed by atoms with Gasteiger partial charge in [0.05, 0.1) is 13.2 Å². The number of aromatic nitrogens is 1. The van der Waals surface area contributed by atoms with Crippen molar-refractivity contribution in [3.63, 3.8) is 0 Å². The molecule has 2 rings (SSSR count). The van der Waals surface area contributed by atoms with Gasteiger partial charge in [-0.25, -0.2) is 4.39 Å². The zero-order valence-electron chi connectivity index (χ0n) is 10.6. The Labute approximate surface area is 111 Å². The van der Waals surface area contributed by atoms with Gasteiger partial charge < -0.3 is 4.74 Å². The van der Waals surface area contributed by atoms with Crippen LogP contribution >= 0.6 is 0 Å². The highest BCUT2D eigenvalue weighted by Gasteiger charge is 2.16. The van der Waals surface area contributed by atoms with E-state index in [0.717, 1.165) is 5.56 Å². The third kappa shape index (κ3) is 3.27. The second kappa shape index (κ2) is 6.26. The molecular weight excluding hydrogens is 245 g/mol. The second-order valence-electron chi connectivity index (χ2n) is 4.17. The van der Waals surface area contributed by atoms with E-state index in [1.165, 1.54) is 12.1 Å². The lowest BCUT2D eigenvalue weighted by molar-refractivity contribution is 0.397. The fourth-order valence-electron chi connectivity index (χ4n) is 1.99. The number of nitrogens with two attached hydrogens (primary N) is 1. The summed E-state index contributed by atoms with van der Waals surface area (Å²) < 4.78 is 18.6. The molecule has 4 nitrogen and oxygen atoms in total. The highest BCUT2D eigenvalue weighted by atomic mass is 19.1. The van der Waals surface area contributed by atoms with Crippen molar-refractivity contribution in [3.05, 3.63) is 59.7 Å². The van der Waals surface area contributed by atoms with Gasteiger partial charge in [-0.2, -0.15) is 0 Å². The number of hydrazine groups is 1. The summed E-state index contributed by atoms with van der Waals surface area (Å²) in [5, 5.41) is 0. The van der Waals surface area contributed by atoms with Crippen LogP contribution in [0.1, 0.15) is 17.2 Å². The van der Waals surface area contributed by atoms with Crippen LogP contribution in [-0.2, 0) is 6.42 Å². The van der Waals surface area contributed by atoms with Crippen molar-refractivity contribution in [1.82, 2.24) is 10.4 Å². The summed E-state index contributed by atoms with van der Waals surface area (Å²) in [6, 6.07) is 7.97. The van der Waals surface area contributed by atoms with Crippen molar-refractivity contribution in [2.45, 2.75) is 12.5 Å². The first-order valence-corrected chi connectivity index (χ1v) is 5.93. The van der Waals surface area contributed by atoms with Crippen LogP contribution < -0.4 is 16.0 Å². The molecular formula is C14H16FN3O. The molecule has 1 aromatic heterocycles. The molecule has 19 heavy (non-hydrogen) atoms. The number of pyridine rings is 1. The molecule has 1 atom stereocenters. The highest BCUT2D eigenvalue weighted by molar-refractivity contribution is 5.37. The number of ether oxygens (including phenoxy) is 1. The van der Waals surface area contributed by atoms with E-state index >= 15 is 0 Å². The first-order valence-electron chi connectivity index (χ1n) is 5.93. The molecule has 0 aliphatic heterocycles. The van der Waals surface area contributed by atoms with Crippen LogP contribution in [0.3, 0.4) is 0 Å². The summed E-state index contributed by atoms with van der Waals surface area (Å²) >= 11 is 0. The van der Waals surface area contributed by atoms with Crippen LogP contribution in [0, 0.1) is 5.82 Å². The molecule has 0 aliphatic rings. The molecule has 0 radical (unpaired) electrons. The van der Waals surface area contributed by atoms with Gasteiger partial charge in [-0.3, -0.25) is 16.3 Å². The Bertz CT molecular complexity index is 533. The van der Waals surface area contributed by atoms with Crippen molar-refractivity contribution >= 4 is 0 Å². The first-order chi connectivity index (χ1) is 9.24. The summed E-state index contributed by atoms with van der Waals surface area (Å²) in [6.07, 6.45) is 4.05. The third-order valence-corrected chi connectivity index (χ3v) is 2.96. The Hall–Kier alpha value is -1.98. The number of nitrogens with zero attached hydrogens (tertiary/aromatic N) is 1. The van der Waals surface area contributed by atoms with Gasteiger partial charge in [0.15, 0.2) is 0 Å². The van der Waals surface area contributed by atoms with Gasteiger partial charge in [-0.15, -0.1) is 0 Å². The Kier molecular flexibility index (Phi) is 4.43. The molecule has 0 spiro atoms. The Morgan fingerprint density at radius 2 is 2.05 bits per heavy atom. The van der Waals surface area contributed by atoms with Crippen LogP contribution in [-0.4, -0.2) is 12.1 Å². The highest BCUT2D eigenvalue weighted by Crippen LogP contribution is 2.27.